The molecule has 0 aliphatic carbocycles. The van der Waals surface area contributed by atoms with Crippen LogP contribution in [0.1, 0.15) is 11.1 Å². The van der Waals surface area contributed by atoms with Crippen molar-refractivity contribution in [2.75, 3.05) is 5.32 Å². The molecular formula is C17H12N4O2. The molecule has 2 aromatic carbocycles. The van der Waals surface area contributed by atoms with E-state index in [1.165, 1.54) is 18.3 Å². The SMILES string of the molecule is Cc1cccc(Nc2c(C#N)cnc3ccc([N+](=O)[O-])cc23)c1. The first-order valence-corrected chi connectivity index (χ1v) is 6.89. The summed E-state index contributed by atoms with van der Waals surface area (Å²) in [7, 11) is 0. The van der Waals surface area contributed by atoms with Crippen LogP contribution in [-0.4, -0.2) is 9.91 Å². The van der Waals surface area contributed by atoms with Crippen LogP contribution in [0.15, 0.2) is 48.7 Å². The Morgan fingerprint density at radius 1 is 1.26 bits per heavy atom. The minimum Gasteiger partial charge on any atom is -0.354 e. The number of benzene rings is 2. The van der Waals surface area contributed by atoms with Crippen LogP contribution in [0.4, 0.5) is 17.1 Å². The van der Waals surface area contributed by atoms with Crippen LogP contribution in [0.5, 0.6) is 0 Å². The van der Waals surface area contributed by atoms with Gasteiger partial charge in [0.1, 0.15) is 6.07 Å². The quantitative estimate of drug-likeness (QED) is 0.581. The number of nitro groups is 1. The molecule has 0 aliphatic heterocycles. The number of rotatable bonds is 3. The van der Waals surface area contributed by atoms with Gasteiger partial charge in [-0.3, -0.25) is 15.1 Å². The maximum atomic E-state index is 11.0. The number of hydrogen-bond donors (Lipinski definition) is 1. The first-order valence-electron chi connectivity index (χ1n) is 6.89. The highest BCUT2D eigenvalue weighted by Gasteiger charge is 2.13. The van der Waals surface area contributed by atoms with E-state index in [1.54, 1.807) is 6.07 Å². The van der Waals surface area contributed by atoms with Crippen molar-refractivity contribution in [1.29, 1.82) is 5.26 Å². The summed E-state index contributed by atoms with van der Waals surface area (Å²) in [6, 6.07) is 14.2. The molecule has 1 aromatic heterocycles. The predicted octanol–water partition coefficient (Wildman–Crippen LogP) is 4.07. The largest absolute Gasteiger partial charge is 0.354 e. The van der Waals surface area contributed by atoms with E-state index in [0.29, 0.717) is 22.2 Å². The second-order valence-corrected chi connectivity index (χ2v) is 5.11. The van der Waals surface area contributed by atoms with Gasteiger partial charge in [-0.05, 0) is 30.7 Å². The van der Waals surface area contributed by atoms with Crippen molar-refractivity contribution in [2.45, 2.75) is 6.92 Å². The van der Waals surface area contributed by atoms with Gasteiger partial charge in [0.05, 0.1) is 21.7 Å². The van der Waals surface area contributed by atoms with E-state index in [9.17, 15) is 15.4 Å². The minimum atomic E-state index is -0.463. The minimum absolute atomic E-state index is 0.0401. The molecule has 3 rings (SSSR count). The van der Waals surface area contributed by atoms with Crippen LogP contribution >= 0.6 is 0 Å². The molecule has 0 radical (unpaired) electrons. The van der Waals surface area contributed by atoms with Gasteiger partial charge in [0, 0.05) is 29.4 Å². The van der Waals surface area contributed by atoms with Crippen molar-refractivity contribution in [3.05, 3.63) is 69.9 Å². The van der Waals surface area contributed by atoms with Crippen LogP contribution in [0.3, 0.4) is 0 Å². The molecule has 0 saturated carbocycles. The highest BCUT2D eigenvalue weighted by Crippen LogP contribution is 2.31. The van der Waals surface area contributed by atoms with Crippen molar-refractivity contribution < 1.29 is 4.92 Å². The number of anilines is 2. The summed E-state index contributed by atoms with van der Waals surface area (Å²) in [4.78, 5) is 14.7. The molecule has 1 heterocycles. The van der Waals surface area contributed by atoms with Gasteiger partial charge in [-0.2, -0.15) is 5.26 Å². The molecule has 3 aromatic rings. The standard InChI is InChI=1S/C17H12N4O2/c1-11-3-2-4-13(7-11)20-17-12(9-18)10-19-16-6-5-14(21(22)23)8-15(16)17/h2-8,10H,1H3,(H,19,20). The summed E-state index contributed by atoms with van der Waals surface area (Å²) < 4.78 is 0. The predicted molar refractivity (Wildman–Crippen MR) is 87.6 cm³/mol. The molecule has 1 N–H and O–H groups in total. The zero-order valence-electron chi connectivity index (χ0n) is 12.3. The molecule has 0 amide bonds. The fourth-order valence-electron chi connectivity index (χ4n) is 2.38. The molecule has 0 unspecified atom stereocenters. The highest BCUT2D eigenvalue weighted by atomic mass is 16.6. The Labute approximate surface area is 132 Å². The number of aryl methyl sites for hydroxylation is 1. The molecule has 0 bridgehead atoms. The number of aromatic nitrogens is 1. The molecule has 0 spiro atoms. The van der Waals surface area contributed by atoms with Gasteiger partial charge in [0.2, 0.25) is 0 Å². The number of nitro benzene ring substituents is 1. The third-order valence-electron chi connectivity index (χ3n) is 3.47. The lowest BCUT2D eigenvalue weighted by atomic mass is 10.1. The molecule has 6 heteroatoms. The number of hydrogen-bond acceptors (Lipinski definition) is 5. The Balaban J connectivity index is 2.21. The molecule has 6 nitrogen and oxygen atoms in total. The number of nitrogens with zero attached hydrogens (tertiary/aromatic N) is 3. The Hall–Kier alpha value is -3.46. The Bertz CT molecular complexity index is 960. The fraction of sp³-hybridized carbons (Fsp3) is 0.0588. The Morgan fingerprint density at radius 3 is 2.78 bits per heavy atom. The molecule has 23 heavy (non-hydrogen) atoms. The Morgan fingerprint density at radius 2 is 2.09 bits per heavy atom. The van der Waals surface area contributed by atoms with Gasteiger partial charge in [0.15, 0.2) is 0 Å². The van der Waals surface area contributed by atoms with Crippen LogP contribution in [-0.2, 0) is 0 Å². The van der Waals surface area contributed by atoms with E-state index >= 15 is 0 Å². The average Bonchev–Trinajstić information content (AvgIpc) is 2.54. The smallest absolute Gasteiger partial charge is 0.270 e. The summed E-state index contributed by atoms with van der Waals surface area (Å²) in [5.74, 6) is 0. The second kappa shape index (κ2) is 5.73. The normalized spacial score (nSPS) is 10.3. The first-order chi connectivity index (χ1) is 11.1. The van der Waals surface area contributed by atoms with E-state index in [2.05, 4.69) is 16.4 Å². The number of pyridine rings is 1. The van der Waals surface area contributed by atoms with Gasteiger partial charge < -0.3 is 5.32 Å². The van der Waals surface area contributed by atoms with Crippen molar-refractivity contribution >= 4 is 28.0 Å². The molecule has 0 fully saturated rings. The number of non-ortho nitro benzene ring substituents is 1. The highest BCUT2D eigenvalue weighted by molar-refractivity contribution is 5.97. The lowest BCUT2D eigenvalue weighted by Gasteiger charge is -2.11. The van der Waals surface area contributed by atoms with Gasteiger partial charge >= 0.3 is 0 Å². The molecule has 0 saturated heterocycles. The van der Waals surface area contributed by atoms with Gasteiger partial charge in [-0.15, -0.1) is 0 Å². The van der Waals surface area contributed by atoms with E-state index in [1.807, 2.05) is 31.2 Å². The maximum Gasteiger partial charge on any atom is 0.270 e. The van der Waals surface area contributed by atoms with Crippen LogP contribution in [0, 0.1) is 28.4 Å². The maximum absolute atomic E-state index is 11.0. The van der Waals surface area contributed by atoms with Crippen molar-refractivity contribution in [2.24, 2.45) is 0 Å². The summed E-state index contributed by atoms with van der Waals surface area (Å²) in [6.45, 7) is 1.96. The molecule has 0 aliphatic rings. The van der Waals surface area contributed by atoms with E-state index < -0.39 is 4.92 Å². The van der Waals surface area contributed by atoms with Crippen molar-refractivity contribution in [3.8, 4) is 6.07 Å². The number of nitrogens with one attached hydrogen (secondary N) is 1. The number of nitriles is 1. The topological polar surface area (TPSA) is 91.8 Å². The van der Waals surface area contributed by atoms with Crippen LogP contribution < -0.4 is 5.32 Å². The third-order valence-corrected chi connectivity index (χ3v) is 3.47. The Kier molecular flexibility index (Phi) is 3.61. The molecule has 0 atom stereocenters. The van der Waals surface area contributed by atoms with E-state index in [4.69, 9.17) is 0 Å². The van der Waals surface area contributed by atoms with Crippen molar-refractivity contribution in [1.82, 2.24) is 4.98 Å². The lowest BCUT2D eigenvalue weighted by Crippen LogP contribution is -1.98. The van der Waals surface area contributed by atoms with Crippen molar-refractivity contribution in [3.63, 3.8) is 0 Å². The summed E-state index contributed by atoms with van der Waals surface area (Å²) in [5.41, 5.74) is 3.27. The zero-order valence-corrected chi connectivity index (χ0v) is 12.3. The van der Waals surface area contributed by atoms with Gasteiger partial charge in [0.25, 0.3) is 5.69 Å². The third kappa shape index (κ3) is 2.80. The first kappa shape index (κ1) is 14.5. The van der Waals surface area contributed by atoms with Gasteiger partial charge in [-0.25, -0.2) is 0 Å². The van der Waals surface area contributed by atoms with E-state index in [0.717, 1.165) is 11.3 Å². The molecule has 112 valence electrons. The number of fused-ring (bicyclic) bond motifs is 1. The average molecular weight is 304 g/mol. The summed E-state index contributed by atoms with van der Waals surface area (Å²) in [5, 5.41) is 24.1. The van der Waals surface area contributed by atoms with E-state index in [-0.39, 0.29) is 5.69 Å². The fourth-order valence-corrected chi connectivity index (χ4v) is 2.38. The van der Waals surface area contributed by atoms with Crippen LogP contribution in [0.25, 0.3) is 10.9 Å². The zero-order chi connectivity index (χ0) is 16.4. The second-order valence-electron chi connectivity index (χ2n) is 5.11. The lowest BCUT2D eigenvalue weighted by molar-refractivity contribution is -0.384. The van der Waals surface area contributed by atoms with Gasteiger partial charge in [-0.1, -0.05) is 12.1 Å². The molecular weight excluding hydrogens is 292 g/mol. The summed E-state index contributed by atoms with van der Waals surface area (Å²) in [6.07, 6.45) is 1.46. The van der Waals surface area contributed by atoms with Crippen LogP contribution in [0.2, 0.25) is 0 Å². The monoisotopic (exact) mass is 304 g/mol. The summed E-state index contributed by atoms with van der Waals surface area (Å²) >= 11 is 0.